The quantitative estimate of drug-likeness (QED) is 0.0448. The van der Waals surface area contributed by atoms with E-state index in [1.54, 1.807) is 23.3 Å². The number of carbonyl (C=O) groups excluding carboxylic acids is 1. The molecule has 0 fully saturated rings. The van der Waals surface area contributed by atoms with Crippen molar-refractivity contribution in [2.45, 2.75) is 89.3 Å². The molecule has 2 aliphatic rings. The van der Waals surface area contributed by atoms with E-state index in [2.05, 4.69) is 0 Å². The zero-order chi connectivity index (χ0) is 57.6. The Kier molecular flexibility index (Phi) is 14.8. The largest absolute Gasteiger partial charge is 0.492 e. The van der Waals surface area contributed by atoms with Crippen LogP contribution >= 0.6 is 0 Å². The van der Waals surface area contributed by atoms with Gasteiger partial charge in [-0.1, -0.05) is 13.0 Å². The van der Waals surface area contributed by atoms with Gasteiger partial charge >= 0.3 is 5.97 Å². The van der Waals surface area contributed by atoms with Gasteiger partial charge in [-0.3, -0.25) is 32.4 Å². The minimum Gasteiger partial charge on any atom is -0.492 e. The third-order valence-corrected chi connectivity index (χ3v) is 18.6. The van der Waals surface area contributed by atoms with Crippen molar-refractivity contribution in [2.24, 2.45) is 0 Å². The predicted molar refractivity (Wildman–Crippen MR) is 279 cm³/mol. The van der Waals surface area contributed by atoms with Crippen molar-refractivity contribution < 1.29 is 94.0 Å². The highest BCUT2D eigenvalue weighted by Crippen LogP contribution is 2.53. The van der Waals surface area contributed by atoms with Gasteiger partial charge < -0.3 is 24.7 Å². The van der Waals surface area contributed by atoms with Crippen molar-refractivity contribution in [2.75, 3.05) is 37.5 Å². The van der Waals surface area contributed by atoms with Gasteiger partial charge in [0, 0.05) is 78.4 Å². The number of rotatable bonds is 19. The Hall–Kier alpha value is -6.45. The van der Waals surface area contributed by atoms with Gasteiger partial charge in [-0.25, -0.2) is 4.79 Å². The number of anilines is 1. The first kappa shape index (κ1) is 57.7. The molecule has 0 spiro atoms. The van der Waals surface area contributed by atoms with Gasteiger partial charge in [0.1, 0.15) is 16.3 Å². The lowest BCUT2D eigenvalue weighted by Gasteiger charge is -2.35. The Labute approximate surface area is 445 Å². The zero-order valence-corrected chi connectivity index (χ0v) is 45.6. The molecule has 2 aliphatic heterocycles. The van der Waals surface area contributed by atoms with E-state index in [0.717, 1.165) is 24.3 Å². The Bertz CT molecular complexity index is 4340. The first-order chi connectivity index (χ1) is 36.1. The molecule has 78 heavy (non-hydrogen) atoms. The van der Waals surface area contributed by atoms with Crippen LogP contribution in [0.1, 0.15) is 64.0 Å². The highest BCUT2D eigenvalue weighted by atomic mass is 32.2. The van der Waals surface area contributed by atoms with Crippen LogP contribution in [0.25, 0.3) is 33.7 Å². The molecular weight excluding hydrogens is 1130 g/mol. The van der Waals surface area contributed by atoms with Crippen LogP contribution in [0.3, 0.4) is 0 Å². The number of fused-ring (bicyclic) bond motifs is 6. The molecule has 3 atom stereocenters. The van der Waals surface area contributed by atoms with Crippen LogP contribution < -0.4 is 31.0 Å². The van der Waals surface area contributed by atoms with E-state index >= 15 is 0 Å². The number of aromatic nitrogens is 1. The molecule has 3 heterocycles. The number of benzene rings is 4. The predicted octanol–water partition coefficient (Wildman–Crippen LogP) is 1.71. The summed E-state index contributed by atoms with van der Waals surface area (Å²) in [4.78, 5) is 45.6. The van der Waals surface area contributed by atoms with Crippen molar-refractivity contribution in [3.05, 3.63) is 103 Å². The lowest BCUT2D eigenvalue weighted by atomic mass is 9.73. The fourth-order valence-corrected chi connectivity index (χ4v) is 14.1. The lowest BCUT2D eigenvalue weighted by molar-refractivity contribution is -0.432. The molecule has 0 amide bonds. The van der Waals surface area contributed by atoms with Crippen molar-refractivity contribution in [1.82, 2.24) is 4.73 Å². The molecule has 7 N–H and O–H groups in total. The fourth-order valence-electron chi connectivity index (χ4n) is 10.9. The van der Waals surface area contributed by atoms with Gasteiger partial charge in [-0.2, -0.15) is 46.7 Å². The Morgan fingerprint density at radius 1 is 0.692 bits per heavy atom. The highest BCUT2D eigenvalue weighted by Gasteiger charge is 2.51. The van der Waals surface area contributed by atoms with Crippen LogP contribution in [0.2, 0.25) is 0 Å². The third kappa shape index (κ3) is 10.4. The maximum atomic E-state index is 14.7. The normalized spacial score (nSPS) is 19.0. The average molecular weight is 1180 g/mol. The van der Waals surface area contributed by atoms with E-state index in [4.69, 9.17) is 9.57 Å². The molecule has 0 bridgehead atoms. The van der Waals surface area contributed by atoms with Crippen LogP contribution in [0.5, 0.6) is 11.8 Å². The molecule has 0 saturated carbocycles. The van der Waals surface area contributed by atoms with Crippen LogP contribution in [0, 0.1) is 0 Å². The minimum absolute atomic E-state index is 0.00667. The number of hydrogen-bond acceptors (Lipinski definition) is 18. The second kappa shape index (κ2) is 20.0. The number of hydrogen-bond donors (Lipinski definition) is 7. The highest BCUT2D eigenvalue weighted by molar-refractivity contribution is 7.87. The molecule has 3 unspecified atom stereocenters. The van der Waals surface area contributed by atoms with Crippen LogP contribution in [-0.4, -0.2) is 135 Å². The monoisotopic (exact) mass is 1180 g/mol. The molecule has 5 aromatic carbocycles. The topological polar surface area (TPSA) is 393 Å². The molecule has 30 heteroatoms. The average Bonchev–Trinajstić information content (AvgIpc) is 4.07. The first-order valence-electron chi connectivity index (χ1n) is 23.4. The summed E-state index contributed by atoms with van der Waals surface area (Å²) in [5.74, 6) is -2.94. The van der Waals surface area contributed by atoms with Crippen molar-refractivity contribution in [1.29, 1.82) is 0 Å². The van der Waals surface area contributed by atoms with Gasteiger partial charge in [0.2, 0.25) is 28.3 Å². The minimum atomic E-state index is -5.20. The van der Waals surface area contributed by atoms with E-state index in [1.165, 1.54) is 50.5 Å². The summed E-state index contributed by atoms with van der Waals surface area (Å²) in [6.07, 6.45) is 1.56. The van der Waals surface area contributed by atoms with Crippen molar-refractivity contribution in [3.63, 3.8) is 0 Å². The summed E-state index contributed by atoms with van der Waals surface area (Å²) in [7, 11) is -24.0. The number of aromatic hydroxyl groups is 2. The SMILES string of the molecule is CC[N+]1=C(C=c2c(=O)c(=CC3N(CCCC(=O)On4c(O)ccc4O)c4ccc5c(S(=O)(=O)O)cc(S(=O)(=O)O)cc5c4C3(C)CCOC)c2=O)C(C)(CCCS(=O)(=O)O)c2c1ccc1c(S(=O)(=O)O)cc(S(=O)(=O)O)cc21. The van der Waals surface area contributed by atoms with Crippen LogP contribution in [0.15, 0.2) is 89.8 Å². The van der Waals surface area contributed by atoms with E-state index < -0.39 is 132 Å². The smallest absolute Gasteiger partial charge is 0.333 e. The summed E-state index contributed by atoms with van der Waals surface area (Å²) in [5, 5.41) is 18.6. The Morgan fingerprint density at radius 2 is 1.23 bits per heavy atom. The third-order valence-electron chi connectivity index (χ3n) is 14.4. The number of ether oxygens (including phenoxy) is 1. The van der Waals surface area contributed by atoms with Gasteiger partial charge in [0.25, 0.3) is 50.6 Å². The molecule has 1 aromatic heterocycles. The second-order valence-electron chi connectivity index (χ2n) is 19.2. The van der Waals surface area contributed by atoms with Gasteiger partial charge in [0.05, 0.1) is 37.4 Å². The Balaban J connectivity index is 1.34. The zero-order valence-electron chi connectivity index (χ0n) is 41.5. The summed E-state index contributed by atoms with van der Waals surface area (Å²) >= 11 is 0. The van der Waals surface area contributed by atoms with E-state index in [-0.39, 0.29) is 102 Å². The van der Waals surface area contributed by atoms with Crippen LogP contribution in [0.4, 0.5) is 11.4 Å². The van der Waals surface area contributed by atoms with Crippen molar-refractivity contribution >= 4 is 107 Å². The standard InChI is InChI=1S/C48H49N3O22S5/c1-5-49-34-11-9-28-30(20-26(75(60,61)62)22-36(28)77(66,67)68)43(34)47(2,15-7-19-74(57,58)59)38(49)24-32-45(55)33(46(32)56)25-39-48(3,16-18-72-4)44-31-21-27(76(63,64)65)23-37(78(69,70)71)29(31)10-12-35(44)50(39)17-6-8-42(54)73-51-40(52)13-14-41(51)53/h9-14,20-25,39H,5-8,15-19H2,1-4H3,(H6,55,56,57,58,59,60,61,62,63,64,65,66,67,68,69,70,71)/p+1. The van der Waals surface area contributed by atoms with Crippen LogP contribution in [-0.2, 0) is 71.0 Å². The Morgan fingerprint density at radius 3 is 1.73 bits per heavy atom. The number of methoxy groups -OCH3 is 1. The van der Waals surface area contributed by atoms with E-state index in [0.29, 0.717) is 16.9 Å². The molecule has 8 rings (SSSR count). The summed E-state index contributed by atoms with van der Waals surface area (Å²) in [5.41, 5.74) is -3.68. The second-order valence-corrected chi connectivity index (χ2v) is 26.4. The summed E-state index contributed by atoms with van der Waals surface area (Å²) in [6, 6.07) is 9.43. The molecular formula is C48H50N3O22S5+. The lowest BCUT2D eigenvalue weighted by Crippen LogP contribution is -2.66. The maximum Gasteiger partial charge on any atom is 0.333 e. The van der Waals surface area contributed by atoms with Crippen molar-refractivity contribution in [3.8, 4) is 11.8 Å². The number of carbonyl (C=O) groups is 1. The molecule has 6 aromatic rings. The first-order valence-corrected chi connectivity index (χ1v) is 30.8. The summed E-state index contributed by atoms with van der Waals surface area (Å²) < 4.78 is 184. The molecule has 25 nitrogen and oxygen atoms in total. The maximum absolute atomic E-state index is 14.7. The van der Waals surface area contributed by atoms with E-state index in [9.17, 15) is 89.4 Å². The van der Waals surface area contributed by atoms with Gasteiger partial charge in [-0.15, -0.1) is 4.73 Å². The summed E-state index contributed by atoms with van der Waals surface area (Å²) in [6.45, 7) is 4.71. The van der Waals surface area contributed by atoms with Gasteiger partial charge in [0.15, 0.2) is 5.71 Å². The fraction of sp³-hybridized carbons (Fsp3) is 0.333. The molecule has 0 saturated heterocycles. The molecule has 0 radical (unpaired) electrons. The number of nitrogens with zero attached hydrogens (tertiary/aromatic N) is 3. The molecule has 418 valence electrons. The van der Waals surface area contributed by atoms with Gasteiger partial charge in [-0.05, 0) is 98.3 Å². The van der Waals surface area contributed by atoms with E-state index in [1.807, 2.05) is 0 Å². The molecule has 0 aliphatic carbocycles.